The maximum Gasteiger partial charge on any atom is 0.261 e. The second-order valence-corrected chi connectivity index (χ2v) is 8.55. The number of hydrogen-bond donors (Lipinski definition) is 2. The van der Waals surface area contributed by atoms with E-state index in [0.717, 1.165) is 17.0 Å². The fourth-order valence-corrected chi connectivity index (χ4v) is 4.04. The van der Waals surface area contributed by atoms with Gasteiger partial charge in [0.15, 0.2) is 0 Å². The first-order chi connectivity index (χ1) is 12.9. The average Bonchev–Trinajstić information content (AvgIpc) is 3.11. The van der Waals surface area contributed by atoms with Gasteiger partial charge in [0.1, 0.15) is 5.01 Å². The molecule has 27 heavy (non-hydrogen) atoms. The Bertz CT molecular complexity index is 1060. The molecular weight excluding hydrogens is 384 g/mol. The number of hydrogen-bond acceptors (Lipinski definition) is 6. The Morgan fingerprint density at radius 2 is 1.85 bits per heavy atom. The number of anilines is 2. The summed E-state index contributed by atoms with van der Waals surface area (Å²) >= 11 is 1.28. The maximum absolute atomic E-state index is 12.6. The highest BCUT2D eigenvalue weighted by Gasteiger charge is 2.17. The fraction of sp³-hybridized carbons (Fsp3) is 0.167. The number of benzene rings is 2. The second kappa shape index (κ2) is 7.85. The molecule has 140 valence electrons. The minimum Gasteiger partial charge on any atom is -0.296 e. The van der Waals surface area contributed by atoms with Crippen LogP contribution in [0, 0.1) is 6.92 Å². The molecule has 0 aliphatic carbocycles. The van der Waals surface area contributed by atoms with Crippen molar-refractivity contribution in [3.63, 3.8) is 0 Å². The van der Waals surface area contributed by atoms with Crippen LogP contribution < -0.4 is 10.0 Å². The van der Waals surface area contributed by atoms with E-state index in [1.807, 2.05) is 26.0 Å². The number of carbonyl (C=O) groups excluding carboxylic acids is 1. The summed E-state index contributed by atoms with van der Waals surface area (Å²) in [5.74, 6) is -0.443. The normalized spacial score (nSPS) is 11.2. The number of rotatable bonds is 6. The topological polar surface area (TPSA) is 101 Å². The van der Waals surface area contributed by atoms with Crippen LogP contribution in [0.4, 0.5) is 10.8 Å². The van der Waals surface area contributed by atoms with Gasteiger partial charge < -0.3 is 0 Å². The quantitative estimate of drug-likeness (QED) is 0.657. The van der Waals surface area contributed by atoms with Crippen molar-refractivity contribution in [2.45, 2.75) is 25.2 Å². The number of nitrogens with zero attached hydrogens (tertiary/aromatic N) is 2. The van der Waals surface area contributed by atoms with Gasteiger partial charge in [0, 0.05) is 11.3 Å². The Morgan fingerprint density at radius 3 is 2.52 bits per heavy atom. The van der Waals surface area contributed by atoms with E-state index >= 15 is 0 Å². The minimum absolute atomic E-state index is 0.00207. The van der Waals surface area contributed by atoms with Gasteiger partial charge in [-0.25, -0.2) is 8.42 Å². The lowest BCUT2D eigenvalue weighted by atomic mass is 10.2. The van der Waals surface area contributed by atoms with Crippen LogP contribution in [0.15, 0.2) is 53.4 Å². The molecule has 3 aromatic rings. The molecule has 7 nitrogen and oxygen atoms in total. The van der Waals surface area contributed by atoms with Crippen LogP contribution in [0.1, 0.15) is 27.9 Å². The molecule has 0 aliphatic rings. The van der Waals surface area contributed by atoms with Crippen molar-refractivity contribution in [3.8, 4) is 0 Å². The smallest absolute Gasteiger partial charge is 0.261 e. The van der Waals surface area contributed by atoms with Gasteiger partial charge in [-0.05, 0) is 43.7 Å². The molecule has 9 heteroatoms. The molecule has 0 saturated heterocycles. The lowest BCUT2D eigenvalue weighted by Gasteiger charge is -2.09. The number of amides is 1. The van der Waals surface area contributed by atoms with E-state index in [4.69, 9.17) is 0 Å². The monoisotopic (exact) mass is 402 g/mol. The van der Waals surface area contributed by atoms with E-state index in [1.54, 1.807) is 18.2 Å². The summed E-state index contributed by atoms with van der Waals surface area (Å²) < 4.78 is 27.7. The van der Waals surface area contributed by atoms with E-state index in [9.17, 15) is 13.2 Å². The molecule has 0 fully saturated rings. The Hall–Kier alpha value is -2.78. The molecule has 0 radical (unpaired) electrons. The van der Waals surface area contributed by atoms with Crippen LogP contribution in [-0.4, -0.2) is 24.5 Å². The van der Waals surface area contributed by atoms with Crippen molar-refractivity contribution in [2.24, 2.45) is 0 Å². The second-order valence-electron chi connectivity index (χ2n) is 5.81. The average molecular weight is 403 g/mol. The molecule has 2 N–H and O–H groups in total. The first-order valence-corrected chi connectivity index (χ1v) is 10.5. The summed E-state index contributed by atoms with van der Waals surface area (Å²) in [7, 11) is -3.81. The number of nitrogens with one attached hydrogen (secondary N) is 2. The Kier molecular flexibility index (Phi) is 5.52. The molecule has 0 atom stereocenters. The SMILES string of the molecule is CCc1nnc(NC(=O)c2cccc(S(=O)(=O)Nc3ccc(C)cc3)c2)s1. The molecule has 1 aromatic heterocycles. The highest BCUT2D eigenvalue weighted by atomic mass is 32.2. The van der Waals surface area contributed by atoms with Crippen molar-refractivity contribution in [2.75, 3.05) is 10.0 Å². The number of aryl methyl sites for hydroxylation is 2. The number of sulfonamides is 1. The third-order valence-corrected chi connectivity index (χ3v) is 6.06. The number of carbonyl (C=O) groups is 1. The lowest BCUT2D eigenvalue weighted by Crippen LogP contribution is -2.16. The summed E-state index contributed by atoms with van der Waals surface area (Å²) in [6, 6.07) is 12.8. The van der Waals surface area contributed by atoms with Crippen molar-refractivity contribution in [1.82, 2.24) is 10.2 Å². The van der Waals surface area contributed by atoms with Crippen LogP contribution in [0.3, 0.4) is 0 Å². The summed E-state index contributed by atoms with van der Waals surface area (Å²) in [5.41, 5.74) is 1.70. The Morgan fingerprint density at radius 1 is 1.11 bits per heavy atom. The van der Waals surface area contributed by atoms with Gasteiger partial charge >= 0.3 is 0 Å². The van der Waals surface area contributed by atoms with Gasteiger partial charge in [0.2, 0.25) is 5.13 Å². The van der Waals surface area contributed by atoms with Crippen LogP contribution in [0.5, 0.6) is 0 Å². The first-order valence-electron chi connectivity index (χ1n) is 8.20. The highest BCUT2D eigenvalue weighted by Crippen LogP contribution is 2.20. The van der Waals surface area contributed by atoms with Gasteiger partial charge in [0.25, 0.3) is 15.9 Å². The standard InChI is InChI=1S/C18H18N4O3S2/c1-3-16-20-21-18(26-16)19-17(23)13-5-4-6-15(11-13)27(24,25)22-14-9-7-12(2)8-10-14/h4-11,22H,3H2,1-2H3,(H,19,21,23). The molecule has 0 unspecified atom stereocenters. The highest BCUT2D eigenvalue weighted by molar-refractivity contribution is 7.92. The van der Waals surface area contributed by atoms with Crippen molar-refractivity contribution in [1.29, 1.82) is 0 Å². The molecule has 0 bridgehead atoms. The van der Waals surface area contributed by atoms with Crippen molar-refractivity contribution < 1.29 is 13.2 Å². The lowest BCUT2D eigenvalue weighted by molar-refractivity contribution is 0.102. The van der Waals surface area contributed by atoms with E-state index < -0.39 is 15.9 Å². The van der Waals surface area contributed by atoms with Crippen LogP contribution in [-0.2, 0) is 16.4 Å². The van der Waals surface area contributed by atoms with Gasteiger partial charge in [0.05, 0.1) is 4.90 Å². The molecule has 0 spiro atoms. The summed E-state index contributed by atoms with van der Waals surface area (Å²) in [4.78, 5) is 12.4. The fourth-order valence-electron chi connectivity index (χ4n) is 2.26. The third kappa shape index (κ3) is 4.69. The van der Waals surface area contributed by atoms with Gasteiger partial charge in [-0.3, -0.25) is 14.8 Å². The zero-order valence-electron chi connectivity index (χ0n) is 14.8. The van der Waals surface area contributed by atoms with Gasteiger partial charge in [-0.1, -0.05) is 42.0 Å². The molecule has 1 heterocycles. The third-order valence-electron chi connectivity index (χ3n) is 3.70. The molecule has 2 aromatic carbocycles. The van der Waals surface area contributed by atoms with Crippen LogP contribution >= 0.6 is 11.3 Å². The Balaban J connectivity index is 1.79. The molecule has 3 rings (SSSR count). The summed E-state index contributed by atoms with van der Waals surface area (Å²) in [6.07, 6.45) is 0.728. The molecule has 1 amide bonds. The van der Waals surface area contributed by atoms with E-state index in [2.05, 4.69) is 20.2 Å². The first kappa shape index (κ1) is 19.0. The van der Waals surface area contributed by atoms with Crippen molar-refractivity contribution >= 4 is 38.1 Å². The maximum atomic E-state index is 12.6. The van der Waals surface area contributed by atoms with Crippen molar-refractivity contribution in [3.05, 3.63) is 64.7 Å². The molecular formula is C18H18N4O3S2. The summed E-state index contributed by atoms with van der Waals surface area (Å²) in [5, 5.41) is 11.7. The van der Waals surface area contributed by atoms with Crippen LogP contribution in [0.25, 0.3) is 0 Å². The Labute approximate surface area is 161 Å². The van der Waals surface area contributed by atoms with Crippen LogP contribution in [0.2, 0.25) is 0 Å². The van der Waals surface area contributed by atoms with Gasteiger partial charge in [-0.2, -0.15) is 0 Å². The molecule has 0 saturated carbocycles. The zero-order chi connectivity index (χ0) is 19.4. The number of aromatic nitrogens is 2. The minimum atomic E-state index is -3.81. The van der Waals surface area contributed by atoms with Gasteiger partial charge in [-0.15, -0.1) is 10.2 Å². The van der Waals surface area contributed by atoms with E-state index in [1.165, 1.54) is 29.5 Å². The predicted octanol–water partition coefficient (Wildman–Crippen LogP) is 3.46. The van der Waals surface area contributed by atoms with E-state index in [-0.39, 0.29) is 10.5 Å². The largest absolute Gasteiger partial charge is 0.296 e. The zero-order valence-corrected chi connectivity index (χ0v) is 16.4. The summed E-state index contributed by atoms with van der Waals surface area (Å²) in [6.45, 7) is 3.86. The predicted molar refractivity (Wildman–Crippen MR) is 106 cm³/mol. The van der Waals surface area contributed by atoms with E-state index in [0.29, 0.717) is 10.8 Å². The molecule has 0 aliphatic heterocycles.